The lowest BCUT2D eigenvalue weighted by atomic mass is 9.98. The summed E-state index contributed by atoms with van der Waals surface area (Å²) in [4.78, 5) is 15.9. The van der Waals surface area contributed by atoms with E-state index in [0.717, 1.165) is 19.4 Å². The summed E-state index contributed by atoms with van der Waals surface area (Å²) in [5, 5.41) is 4.92. The monoisotopic (exact) mass is 306 g/mol. The Labute approximate surface area is 119 Å². The van der Waals surface area contributed by atoms with Crippen LogP contribution in [0.25, 0.3) is 0 Å². The third-order valence-corrected chi connectivity index (χ3v) is 4.21. The van der Waals surface area contributed by atoms with Crippen LogP contribution in [-0.2, 0) is 14.9 Å². The number of nitrogens with one attached hydrogen (secondary N) is 1. The van der Waals surface area contributed by atoms with E-state index >= 15 is 0 Å². The van der Waals surface area contributed by atoms with Crippen LogP contribution in [0, 0.1) is 5.92 Å². The number of carbonyl (C=O) groups excluding carboxylic acids is 1. The smallest absolute Gasteiger partial charge is 0.320 e. The molecule has 0 aromatic carbocycles. The van der Waals surface area contributed by atoms with Crippen molar-refractivity contribution in [1.82, 2.24) is 14.5 Å². The lowest BCUT2D eigenvalue weighted by Gasteiger charge is -2.37. The number of nitrogens with zero attached hydrogens (tertiary/aromatic N) is 2. The van der Waals surface area contributed by atoms with Gasteiger partial charge in [0.05, 0.1) is 13.2 Å². The molecular weight excluding hydrogens is 284 g/mol. The van der Waals surface area contributed by atoms with Gasteiger partial charge < -0.3 is 14.5 Å². The highest BCUT2D eigenvalue weighted by Crippen LogP contribution is 2.17. The van der Waals surface area contributed by atoms with Gasteiger partial charge in [-0.25, -0.2) is 14.7 Å². The fraction of sp³-hybridized carbons (Fsp3) is 0.909. The van der Waals surface area contributed by atoms with Gasteiger partial charge in [-0.2, -0.15) is 8.42 Å². The molecule has 0 spiro atoms. The molecule has 9 heteroatoms. The van der Waals surface area contributed by atoms with Crippen molar-refractivity contribution in [2.75, 3.05) is 45.9 Å². The molecule has 3 N–H and O–H groups in total. The fourth-order valence-electron chi connectivity index (χ4n) is 2.59. The molecule has 2 heterocycles. The lowest BCUT2D eigenvalue weighted by Crippen LogP contribution is -2.52. The first kappa shape index (κ1) is 15.5. The fourth-order valence-corrected chi connectivity index (χ4v) is 3.06. The van der Waals surface area contributed by atoms with Gasteiger partial charge in [0.25, 0.3) is 10.2 Å². The van der Waals surface area contributed by atoms with Crippen molar-refractivity contribution in [3.63, 3.8) is 0 Å². The predicted molar refractivity (Wildman–Crippen MR) is 73.2 cm³/mol. The van der Waals surface area contributed by atoms with E-state index in [1.807, 2.05) is 0 Å². The molecule has 0 aromatic rings. The van der Waals surface area contributed by atoms with Gasteiger partial charge >= 0.3 is 6.03 Å². The highest BCUT2D eigenvalue weighted by molar-refractivity contribution is 7.87. The quantitative estimate of drug-likeness (QED) is 0.693. The minimum atomic E-state index is -3.66. The average Bonchev–Trinajstić information content (AvgIpc) is 2.45. The number of piperidine rings is 1. The second-order valence-corrected chi connectivity index (χ2v) is 6.61. The average molecular weight is 306 g/mol. The van der Waals surface area contributed by atoms with Gasteiger partial charge in [0.15, 0.2) is 0 Å². The number of ether oxygens (including phenoxy) is 1. The maximum absolute atomic E-state index is 12.3. The van der Waals surface area contributed by atoms with E-state index in [1.54, 1.807) is 9.80 Å². The molecule has 116 valence electrons. The number of nitrogens with two attached hydrogens (primary N) is 1. The zero-order valence-corrected chi connectivity index (χ0v) is 12.3. The summed E-state index contributed by atoms with van der Waals surface area (Å²) in [7, 11) is -3.66. The molecule has 0 radical (unpaired) electrons. The van der Waals surface area contributed by atoms with Crippen LogP contribution in [0.3, 0.4) is 0 Å². The summed E-state index contributed by atoms with van der Waals surface area (Å²) >= 11 is 0. The van der Waals surface area contributed by atoms with Crippen LogP contribution >= 0.6 is 0 Å². The second kappa shape index (κ2) is 6.70. The Hall–Kier alpha value is -0.900. The first-order valence-corrected chi connectivity index (χ1v) is 8.39. The van der Waals surface area contributed by atoms with Gasteiger partial charge in [0.1, 0.15) is 0 Å². The van der Waals surface area contributed by atoms with Crippen LogP contribution in [0.1, 0.15) is 12.8 Å². The van der Waals surface area contributed by atoms with Gasteiger partial charge in [-0.15, -0.1) is 0 Å². The van der Waals surface area contributed by atoms with Gasteiger partial charge in [0.2, 0.25) is 0 Å². The van der Waals surface area contributed by atoms with Crippen LogP contribution < -0.4 is 9.86 Å². The van der Waals surface area contributed by atoms with Crippen molar-refractivity contribution in [3.05, 3.63) is 0 Å². The molecule has 2 aliphatic rings. The summed E-state index contributed by atoms with van der Waals surface area (Å²) in [6, 6.07) is 0.0219. The Kier molecular flexibility index (Phi) is 5.19. The molecule has 0 aliphatic carbocycles. The number of hydrogen-bond acceptors (Lipinski definition) is 4. The summed E-state index contributed by atoms with van der Waals surface area (Å²) < 4.78 is 29.3. The maximum atomic E-state index is 12.3. The Balaban J connectivity index is 1.84. The van der Waals surface area contributed by atoms with Crippen LogP contribution in [0.15, 0.2) is 0 Å². The largest absolute Gasteiger partial charge is 0.378 e. The number of likely N-dealkylation sites (tertiary alicyclic amines) is 1. The summed E-state index contributed by atoms with van der Waals surface area (Å²) in [6.07, 6.45) is 1.78. The summed E-state index contributed by atoms with van der Waals surface area (Å²) in [5.74, 6) is 0.118. The Morgan fingerprint density at radius 3 is 2.60 bits per heavy atom. The second-order valence-electron chi connectivity index (χ2n) is 5.23. The van der Waals surface area contributed by atoms with Crippen molar-refractivity contribution >= 4 is 16.2 Å². The highest BCUT2D eigenvalue weighted by Gasteiger charge is 2.28. The van der Waals surface area contributed by atoms with Gasteiger partial charge in [0, 0.05) is 32.7 Å². The van der Waals surface area contributed by atoms with E-state index in [1.165, 1.54) is 0 Å². The minimum Gasteiger partial charge on any atom is -0.378 e. The number of rotatable bonds is 3. The van der Waals surface area contributed by atoms with E-state index < -0.39 is 10.2 Å². The van der Waals surface area contributed by atoms with E-state index in [9.17, 15) is 13.2 Å². The van der Waals surface area contributed by atoms with Crippen LogP contribution in [-0.4, -0.2) is 70.2 Å². The van der Waals surface area contributed by atoms with Gasteiger partial charge in [-0.3, -0.25) is 0 Å². The van der Waals surface area contributed by atoms with Crippen LogP contribution in [0.5, 0.6) is 0 Å². The maximum Gasteiger partial charge on any atom is 0.320 e. The van der Waals surface area contributed by atoms with E-state index in [-0.39, 0.29) is 18.5 Å². The highest BCUT2D eigenvalue weighted by atomic mass is 32.2. The zero-order chi connectivity index (χ0) is 14.6. The number of morpholine rings is 1. The van der Waals surface area contributed by atoms with Crippen molar-refractivity contribution in [2.45, 2.75) is 12.8 Å². The topological polar surface area (TPSA) is 105 Å². The molecule has 1 atom stereocenters. The van der Waals surface area contributed by atoms with E-state index in [4.69, 9.17) is 9.88 Å². The number of carbonyl (C=O) groups is 1. The van der Waals surface area contributed by atoms with Crippen molar-refractivity contribution in [1.29, 1.82) is 0 Å². The molecule has 2 amide bonds. The third kappa shape index (κ3) is 4.58. The zero-order valence-electron chi connectivity index (χ0n) is 11.5. The molecule has 1 unspecified atom stereocenters. The molecule has 2 fully saturated rings. The molecule has 2 rings (SSSR count). The molecule has 2 aliphatic heterocycles. The van der Waals surface area contributed by atoms with Crippen LogP contribution in [0.4, 0.5) is 4.79 Å². The predicted octanol–water partition coefficient (Wildman–Crippen LogP) is -1.06. The van der Waals surface area contributed by atoms with E-state index in [2.05, 4.69) is 4.72 Å². The van der Waals surface area contributed by atoms with Crippen LogP contribution in [0.2, 0.25) is 0 Å². The van der Waals surface area contributed by atoms with Crippen molar-refractivity contribution < 1.29 is 17.9 Å². The summed E-state index contributed by atoms with van der Waals surface area (Å²) in [5.41, 5.74) is 0. The van der Waals surface area contributed by atoms with Crippen molar-refractivity contribution in [3.8, 4) is 0 Å². The molecule has 0 saturated carbocycles. The lowest BCUT2D eigenvalue weighted by molar-refractivity contribution is 0.0393. The first-order valence-electron chi connectivity index (χ1n) is 6.85. The van der Waals surface area contributed by atoms with Crippen molar-refractivity contribution in [2.24, 2.45) is 11.1 Å². The van der Waals surface area contributed by atoms with Gasteiger partial charge in [-0.1, -0.05) is 0 Å². The Morgan fingerprint density at radius 2 is 1.95 bits per heavy atom. The summed E-state index contributed by atoms with van der Waals surface area (Å²) in [6.45, 7) is 3.98. The molecule has 2 saturated heterocycles. The van der Waals surface area contributed by atoms with Gasteiger partial charge in [-0.05, 0) is 18.8 Å². The Morgan fingerprint density at radius 1 is 1.25 bits per heavy atom. The third-order valence-electron chi connectivity index (χ3n) is 3.64. The van der Waals surface area contributed by atoms with E-state index in [0.29, 0.717) is 32.8 Å². The molecule has 0 bridgehead atoms. The SMILES string of the molecule is NS(=O)(=O)NCC1CCCN(C(=O)N2CCOCC2)C1. The molecule has 0 aromatic heterocycles. The number of urea groups is 1. The standard InChI is InChI=1S/C11H22N4O4S/c12-20(17,18)13-8-10-2-1-3-15(9-10)11(16)14-4-6-19-7-5-14/h10,13H,1-9H2,(H2,12,17,18). The molecule has 20 heavy (non-hydrogen) atoms. The number of amides is 2. The Bertz CT molecular complexity index is 436. The number of hydrogen-bond donors (Lipinski definition) is 2. The normalized spacial score (nSPS) is 24.8. The minimum absolute atomic E-state index is 0.0219. The first-order chi connectivity index (χ1) is 9.46. The molecule has 8 nitrogen and oxygen atoms in total. The molecular formula is C11H22N4O4S.